The Morgan fingerprint density at radius 2 is 1.93 bits per heavy atom. The monoisotopic (exact) mass is 678 g/mol. The molecule has 0 saturated carbocycles. The summed E-state index contributed by atoms with van der Waals surface area (Å²) in [7, 11) is 0.686. The average molecular weight is 680 g/mol. The zero-order chi connectivity index (χ0) is 31.0. The number of hydrogen-bond donors (Lipinski definition) is 3. The standard InChI is InChI=1S/C29H32BrN10O3P/c1-16-18(15-40(2)39-16)17-12-22(28(42-3)37-24(17)23-14-31-10-11-43-23)36-29-34-13-19(30)27(38-29)35-21-7-6-20-25(33-9-8-32-20)26(21)44(4,5)41/h6-9,12-13,15,23,31H,10-11,14H2,1-5H3,(H2,34,35,36,38). The number of nitrogens with zero attached hydrogens (tertiary/aromatic N) is 7. The van der Waals surface area contributed by atoms with E-state index in [0.717, 1.165) is 29.1 Å². The van der Waals surface area contributed by atoms with Crippen LogP contribution >= 0.6 is 23.1 Å². The molecule has 3 N–H and O–H groups in total. The number of pyridine rings is 1. The number of rotatable bonds is 8. The van der Waals surface area contributed by atoms with Gasteiger partial charge in [0.25, 0.3) is 0 Å². The number of methoxy groups -OCH3 is 1. The summed E-state index contributed by atoms with van der Waals surface area (Å²) in [6, 6.07) is 5.64. The highest BCUT2D eigenvalue weighted by Gasteiger charge is 2.26. The van der Waals surface area contributed by atoms with E-state index in [4.69, 9.17) is 19.4 Å². The molecule has 1 aliphatic rings. The van der Waals surface area contributed by atoms with Crippen LogP contribution in [0.2, 0.25) is 0 Å². The molecule has 1 saturated heterocycles. The van der Waals surface area contributed by atoms with Crippen LogP contribution in [0, 0.1) is 6.92 Å². The van der Waals surface area contributed by atoms with Crippen molar-refractivity contribution in [1.29, 1.82) is 0 Å². The van der Waals surface area contributed by atoms with Gasteiger partial charge in [-0.1, -0.05) is 0 Å². The Bertz CT molecular complexity index is 1900. The molecule has 0 spiro atoms. The first-order valence-corrected chi connectivity index (χ1v) is 17.3. The van der Waals surface area contributed by atoms with Gasteiger partial charge in [0.1, 0.15) is 30.3 Å². The molecule has 5 aromatic rings. The molecule has 1 unspecified atom stereocenters. The fourth-order valence-electron chi connectivity index (χ4n) is 5.25. The first kappa shape index (κ1) is 30.1. The van der Waals surface area contributed by atoms with Gasteiger partial charge in [-0.2, -0.15) is 10.1 Å². The van der Waals surface area contributed by atoms with Gasteiger partial charge in [0.05, 0.1) is 46.1 Å². The van der Waals surface area contributed by atoms with E-state index in [-0.39, 0.29) is 6.10 Å². The van der Waals surface area contributed by atoms with E-state index in [1.54, 1.807) is 43.7 Å². The van der Waals surface area contributed by atoms with Crippen molar-refractivity contribution in [3.05, 3.63) is 58.8 Å². The van der Waals surface area contributed by atoms with Crippen LogP contribution in [0.5, 0.6) is 5.88 Å². The van der Waals surface area contributed by atoms with Crippen LogP contribution in [0.4, 0.5) is 23.1 Å². The minimum Gasteiger partial charge on any atom is -0.480 e. The highest BCUT2D eigenvalue weighted by Crippen LogP contribution is 2.42. The fraction of sp³-hybridized carbons (Fsp3) is 0.310. The minimum atomic E-state index is -2.77. The van der Waals surface area contributed by atoms with Crippen molar-refractivity contribution in [2.45, 2.75) is 13.0 Å². The number of benzene rings is 1. The van der Waals surface area contributed by atoms with Gasteiger partial charge in [-0.05, 0) is 54.4 Å². The van der Waals surface area contributed by atoms with Crippen molar-refractivity contribution in [2.75, 3.05) is 50.8 Å². The lowest BCUT2D eigenvalue weighted by molar-refractivity contribution is 0.0251. The van der Waals surface area contributed by atoms with Crippen molar-refractivity contribution < 1.29 is 14.0 Å². The maximum absolute atomic E-state index is 13.4. The SMILES string of the molecule is COc1nc(C2CNCCO2)c(-c2cn(C)nc2C)cc1Nc1ncc(Br)c(Nc2ccc3nccnc3c2P(C)(C)=O)n1. The van der Waals surface area contributed by atoms with Crippen molar-refractivity contribution in [2.24, 2.45) is 7.05 Å². The number of morpholine rings is 1. The van der Waals surface area contributed by atoms with Crippen LogP contribution in [-0.2, 0) is 16.3 Å². The fourth-order valence-corrected chi connectivity index (χ4v) is 6.94. The molecule has 0 bridgehead atoms. The van der Waals surface area contributed by atoms with Crippen LogP contribution in [-0.4, -0.2) is 74.8 Å². The molecule has 0 aliphatic carbocycles. The lowest BCUT2D eigenvalue weighted by atomic mass is 10.0. The Morgan fingerprint density at radius 1 is 1.11 bits per heavy atom. The number of halogens is 1. The molecule has 1 fully saturated rings. The molecular formula is C29H32BrN10O3P. The van der Waals surface area contributed by atoms with Crippen LogP contribution in [0.3, 0.4) is 0 Å². The molecule has 13 nitrogen and oxygen atoms in total. The summed E-state index contributed by atoms with van der Waals surface area (Å²) >= 11 is 3.55. The van der Waals surface area contributed by atoms with Gasteiger partial charge in [-0.25, -0.2) is 9.97 Å². The van der Waals surface area contributed by atoms with Crippen molar-refractivity contribution in [1.82, 2.24) is 40.0 Å². The Labute approximate surface area is 262 Å². The molecule has 1 aliphatic heterocycles. The second kappa shape index (κ2) is 12.2. The van der Waals surface area contributed by atoms with Crippen molar-refractivity contribution >= 4 is 62.6 Å². The number of nitrogens with one attached hydrogen (secondary N) is 3. The van der Waals surface area contributed by atoms with E-state index in [2.05, 4.69) is 51.9 Å². The summed E-state index contributed by atoms with van der Waals surface area (Å²) in [5.41, 5.74) is 5.86. The van der Waals surface area contributed by atoms with E-state index < -0.39 is 7.14 Å². The molecule has 44 heavy (non-hydrogen) atoms. The summed E-state index contributed by atoms with van der Waals surface area (Å²) in [5.74, 6) is 1.13. The maximum atomic E-state index is 13.4. The molecule has 0 radical (unpaired) electrons. The molecule has 1 aromatic carbocycles. The predicted molar refractivity (Wildman–Crippen MR) is 174 cm³/mol. The molecular weight excluding hydrogens is 647 g/mol. The molecule has 1 atom stereocenters. The van der Waals surface area contributed by atoms with E-state index in [1.807, 2.05) is 38.4 Å². The molecule has 228 valence electrons. The number of anilines is 4. The van der Waals surface area contributed by atoms with Gasteiger partial charge in [-0.3, -0.25) is 14.6 Å². The van der Waals surface area contributed by atoms with Crippen molar-refractivity contribution in [3.8, 4) is 17.0 Å². The van der Waals surface area contributed by atoms with E-state index in [1.165, 1.54) is 0 Å². The first-order valence-electron chi connectivity index (χ1n) is 13.9. The lowest BCUT2D eigenvalue weighted by Crippen LogP contribution is -2.34. The summed E-state index contributed by atoms with van der Waals surface area (Å²) in [6.07, 6.45) is 6.56. The summed E-state index contributed by atoms with van der Waals surface area (Å²) in [6.45, 7) is 7.38. The maximum Gasteiger partial charge on any atom is 0.237 e. The number of aryl methyl sites for hydroxylation is 2. The minimum absolute atomic E-state index is 0.255. The van der Waals surface area contributed by atoms with Crippen LogP contribution in [0.25, 0.3) is 22.2 Å². The number of hydrogen-bond acceptors (Lipinski definition) is 12. The van der Waals surface area contributed by atoms with Gasteiger partial charge in [0, 0.05) is 56.1 Å². The third-order valence-electron chi connectivity index (χ3n) is 7.14. The van der Waals surface area contributed by atoms with Crippen LogP contribution < -0.4 is 26.0 Å². The van der Waals surface area contributed by atoms with E-state index >= 15 is 0 Å². The Morgan fingerprint density at radius 3 is 2.64 bits per heavy atom. The zero-order valence-corrected chi connectivity index (χ0v) is 27.4. The van der Waals surface area contributed by atoms with Gasteiger partial charge in [0.2, 0.25) is 11.8 Å². The van der Waals surface area contributed by atoms with Gasteiger partial charge < -0.3 is 30.0 Å². The van der Waals surface area contributed by atoms with Crippen LogP contribution in [0.15, 0.2) is 47.5 Å². The number of fused-ring (bicyclic) bond motifs is 1. The first-order chi connectivity index (χ1) is 21.1. The number of ether oxygens (including phenoxy) is 2. The number of aromatic nitrogens is 7. The zero-order valence-electron chi connectivity index (χ0n) is 24.9. The molecule has 0 amide bonds. The highest BCUT2D eigenvalue weighted by atomic mass is 79.9. The van der Waals surface area contributed by atoms with E-state index in [0.29, 0.717) is 63.0 Å². The second-order valence-corrected chi connectivity index (χ2v) is 14.7. The van der Waals surface area contributed by atoms with Gasteiger partial charge >= 0.3 is 0 Å². The smallest absolute Gasteiger partial charge is 0.237 e. The quantitative estimate of drug-likeness (QED) is 0.195. The Hall–Kier alpha value is -3.97. The normalized spacial score (nSPS) is 15.4. The molecule has 4 aromatic heterocycles. The summed E-state index contributed by atoms with van der Waals surface area (Å²) in [5, 5.41) is 15.1. The molecule has 5 heterocycles. The molecule has 6 rings (SSSR count). The lowest BCUT2D eigenvalue weighted by Gasteiger charge is -2.26. The Balaban J connectivity index is 1.40. The van der Waals surface area contributed by atoms with Gasteiger partial charge in [0.15, 0.2) is 0 Å². The van der Waals surface area contributed by atoms with Crippen molar-refractivity contribution in [3.63, 3.8) is 0 Å². The third kappa shape index (κ3) is 6.03. The average Bonchev–Trinajstić information content (AvgIpc) is 3.35. The van der Waals surface area contributed by atoms with E-state index in [9.17, 15) is 4.57 Å². The molecule has 15 heteroatoms. The summed E-state index contributed by atoms with van der Waals surface area (Å²) < 4.78 is 27.6. The Kier molecular flexibility index (Phi) is 8.34. The van der Waals surface area contributed by atoms with Gasteiger partial charge in [-0.15, -0.1) is 0 Å². The van der Waals surface area contributed by atoms with Crippen LogP contribution in [0.1, 0.15) is 17.5 Å². The second-order valence-electron chi connectivity index (χ2n) is 10.7. The summed E-state index contributed by atoms with van der Waals surface area (Å²) in [4.78, 5) is 23.0. The largest absolute Gasteiger partial charge is 0.480 e. The third-order valence-corrected chi connectivity index (χ3v) is 9.25. The predicted octanol–water partition coefficient (Wildman–Crippen LogP) is 4.69. The highest BCUT2D eigenvalue weighted by molar-refractivity contribution is 9.10. The topological polar surface area (TPSA) is 154 Å².